The number of rotatable bonds is 5. The molecule has 2 bridgehead atoms. The van der Waals surface area contributed by atoms with Crippen molar-refractivity contribution < 1.29 is 39.0 Å². The van der Waals surface area contributed by atoms with Crippen molar-refractivity contribution in [1.29, 1.82) is 0 Å². The van der Waals surface area contributed by atoms with Crippen LogP contribution < -0.4 is 4.74 Å². The molecule has 0 aliphatic carbocycles. The highest BCUT2D eigenvalue weighted by Gasteiger charge is 2.67. The quantitative estimate of drug-likeness (QED) is 0.571. The monoisotopic (exact) mass is 406 g/mol. The maximum absolute atomic E-state index is 14.5. The molecule has 0 aromatic heterocycles. The molecule has 0 unspecified atom stereocenters. The number of halogens is 1. The fourth-order valence-electron chi connectivity index (χ4n) is 3.97. The van der Waals surface area contributed by atoms with E-state index in [0.29, 0.717) is 11.3 Å². The van der Waals surface area contributed by atoms with E-state index in [1.54, 1.807) is 19.2 Å². The summed E-state index contributed by atoms with van der Waals surface area (Å²) in [6, 6.07) is 11.3. The van der Waals surface area contributed by atoms with Gasteiger partial charge < -0.3 is 34.6 Å². The van der Waals surface area contributed by atoms with E-state index in [-0.39, 0.29) is 18.6 Å². The third-order valence-corrected chi connectivity index (χ3v) is 5.73. The number of hydrogen-bond donors (Lipinski definition) is 4. The van der Waals surface area contributed by atoms with Gasteiger partial charge in [-0.1, -0.05) is 18.2 Å². The molecule has 2 aromatic carbocycles. The summed E-state index contributed by atoms with van der Waals surface area (Å²) in [6.07, 6.45) is -4.49. The van der Waals surface area contributed by atoms with Crippen LogP contribution >= 0.6 is 0 Å². The van der Waals surface area contributed by atoms with E-state index in [9.17, 15) is 24.8 Å². The summed E-state index contributed by atoms with van der Waals surface area (Å²) in [5.41, 5.74) is -0.0971. The van der Waals surface area contributed by atoms with Gasteiger partial charge in [-0.25, -0.2) is 4.39 Å². The molecular weight excluding hydrogens is 383 g/mol. The summed E-state index contributed by atoms with van der Waals surface area (Å²) in [6.45, 7) is -0.844. The molecule has 156 valence electrons. The molecule has 2 heterocycles. The summed E-state index contributed by atoms with van der Waals surface area (Å²) in [7, 11) is 1.56. The fourth-order valence-corrected chi connectivity index (χ4v) is 3.97. The van der Waals surface area contributed by atoms with Crippen LogP contribution in [0.25, 0.3) is 0 Å². The maximum atomic E-state index is 14.5. The van der Waals surface area contributed by atoms with Crippen LogP contribution in [-0.2, 0) is 21.7 Å². The van der Waals surface area contributed by atoms with Crippen molar-refractivity contribution in [2.45, 2.75) is 36.1 Å². The Labute approximate surface area is 166 Å². The van der Waals surface area contributed by atoms with Gasteiger partial charge in [-0.2, -0.15) is 0 Å². The van der Waals surface area contributed by atoms with Crippen molar-refractivity contribution in [3.63, 3.8) is 0 Å². The molecule has 0 spiro atoms. The molecule has 8 heteroatoms. The molecule has 4 N–H and O–H groups in total. The minimum Gasteiger partial charge on any atom is -0.497 e. The fraction of sp³-hybridized carbons (Fsp3) is 0.429. The van der Waals surface area contributed by atoms with Crippen molar-refractivity contribution >= 4 is 0 Å². The highest BCUT2D eigenvalue weighted by Crippen LogP contribution is 2.49. The second-order valence-corrected chi connectivity index (χ2v) is 7.49. The van der Waals surface area contributed by atoms with Gasteiger partial charge >= 0.3 is 0 Å². The number of hydrogen-bond acceptors (Lipinski definition) is 7. The number of ether oxygens (including phenoxy) is 3. The number of benzene rings is 2. The van der Waals surface area contributed by atoms with Gasteiger partial charge in [0.25, 0.3) is 0 Å². The summed E-state index contributed by atoms with van der Waals surface area (Å²) < 4.78 is 31.1. The zero-order valence-electron chi connectivity index (χ0n) is 15.8. The first kappa shape index (κ1) is 20.2. The molecule has 29 heavy (non-hydrogen) atoms. The number of methoxy groups -OCH3 is 1. The van der Waals surface area contributed by atoms with Gasteiger partial charge in [0.15, 0.2) is 0 Å². The van der Waals surface area contributed by atoms with Crippen LogP contribution in [0, 0.1) is 5.82 Å². The first-order valence-corrected chi connectivity index (χ1v) is 9.26. The van der Waals surface area contributed by atoms with E-state index in [1.165, 1.54) is 18.2 Å². The maximum Gasteiger partial charge on any atom is 0.225 e. The first-order valence-electron chi connectivity index (χ1n) is 9.26. The molecular formula is C21H23FO7. The van der Waals surface area contributed by atoms with Gasteiger partial charge in [-0.05, 0) is 35.4 Å². The molecule has 2 aliphatic rings. The highest BCUT2D eigenvalue weighted by atomic mass is 19.1. The van der Waals surface area contributed by atoms with Crippen LogP contribution in [0.3, 0.4) is 0 Å². The minimum absolute atomic E-state index is 0.232. The second-order valence-electron chi connectivity index (χ2n) is 7.49. The molecule has 4 rings (SSSR count). The highest BCUT2D eigenvalue weighted by molar-refractivity contribution is 5.36. The normalized spacial score (nSPS) is 33.7. The number of aliphatic hydroxyl groups excluding tert-OH is 4. The number of fused-ring (bicyclic) bond motifs is 2. The average Bonchev–Trinajstić information content (AvgIpc) is 3.13. The third-order valence-electron chi connectivity index (χ3n) is 5.73. The van der Waals surface area contributed by atoms with Gasteiger partial charge in [0, 0.05) is 12.0 Å². The van der Waals surface area contributed by atoms with Crippen molar-refractivity contribution in [3.05, 3.63) is 65.0 Å². The molecule has 2 fully saturated rings. The van der Waals surface area contributed by atoms with Gasteiger partial charge in [-0.15, -0.1) is 0 Å². The second kappa shape index (κ2) is 7.32. The molecule has 2 aromatic rings. The molecule has 2 aliphatic heterocycles. The Morgan fingerprint density at radius 3 is 2.48 bits per heavy atom. The molecule has 5 atom stereocenters. The zero-order chi connectivity index (χ0) is 20.8. The van der Waals surface area contributed by atoms with Crippen LogP contribution in [0.2, 0.25) is 0 Å². The Hall–Kier alpha value is -2.07. The third kappa shape index (κ3) is 3.13. The van der Waals surface area contributed by atoms with Crippen molar-refractivity contribution in [3.8, 4) is 5.75 Å². The summed E-state index contributed by atoms with van der Waals surface area (Å²) in [4.78, 5) is 0. The Bertz CT molecular complexity index is 889. The topological polar surface area (TPSA) is 109 Å². The van der Waals surface area contributed by atoms with E-state index < -0.39 is 42.1 Å². The van der Waals surface area contributed by atoms with Crippen LogP contribution in [0.1, 0.15) is 16.7 Å². The lowest BCUT2D eigenvalue weighted by atomic mass is 9.83. The predicted octanol–water partition coefficient (Wildman–Crippen LogP) is 0.452. The molecule has 0 saturated carbocycles. The summed E-state index contributed by atoms with van der Waals surface area (Å²) in [5, 5.41) is 40.9. The standard InChI is InChI=1S/C21H23FO7/c1-27-15-5-2-12(3-6-15)8-13-9-14(4-7-16(13)22)21-19(26)17(24)18(25)20(10-23,29-21)11-28-21/h2-7,9,17-19,23-26H,8,10-11H2,1H3/t17-,18-,19-,20-,21-/m0/s1. The lowest BCUT2D eigenvalue weighted by Crippen LogP contribution is -2.65. The average molecular weight is 406 g/mol. The first-order chi connectivity index (χ1) is 13.8. The molecule has 7 nitrogen and oxygen atoms in total. The summed E-state index contributed by atoms with van der Waals surface area (Å²) >= 11 is 0. The van der Waals surface area contributed by atoms with E-state index in [0.717, 1.165) is 5.56 Å². The minimum atomic E-state index is -1.82. The van der Waals surface area contributed by atoms with Crippen LogP contribution in [0.4, 0.5) is 4.39 Å². The van der Waals surface area contributed by atoms with Crippen molar-refractivity contribution in [1.82, 2.24) is 0 Å². The molecule has 0 radical (unpaired) electrons. The number of aliphatic hydroxyl groups is 4. The summed E-state index contributed by atoms with van der Waals surface area (Å²) in [5.74, 6) is -1.57. The van der Waals surface area contributed by atoms with Crippen molar-refractivity contribution in [2.75, 3.05) is 20.3 Å². The Balaban J connectivity index is 1.69. The van der Waals surface area contributed by atoms with Gasteiger partial charge in [0.05, 0.1) is 20.3 Å². The van der Waals surface area contributed by atoms with Crippen LogP contribution in [0.5, 0.6) is 5.75 Å². The van der Waals surface area contributed by atoms with Gasteiger partial charge in [0.2, 0.25) is 5.79 Å². The molecule has 0 amide bonds. The van der Waals surface area contributed by atoms with Gasteiger partial charge in [-0.3, -0.25) is 0 Å². The van der Waals surface area contributed by atoms with E-state index >= 15 is 0 Å². The van der Waals surface area contributed by atoms with Crippen LogP contribution in [0.15, 0.2) is 42.5 Å². The van der Waals surface area contributed by atoms with E-state index in [2.05, 4.69) is 0 Å². The Morgan fingerprint density at radius 1 is 1.10 bits per heavy atom. The lowest BCUT2D eigenvalue weighted by molar-refractivity contribution is -0.329. The van der Waals surface area contributed by atoms with Crippen molar-refractivity contribution in [2.24, 2.45) is 0 Å². The largest absolute Gasteiger partial charge is 0.497 e. The van der Waals surface area contributed by atoms with E-state index in [4.69, 9.17) is 14.2 Å². The van der Waals surface area contributed by atoms with E-state index in [1.807, 2.05) is 12.1 Å². The molecule has 2 saturated heterocycles. The SMILES string of the molecule is COc1ccc(Cc2cc([C@]34OC[C@](CO)(O3)[C@@H](O)[C@H](O)[C@@H]4O)ccc2F)cc1. The lowest BCUT2D eigenvalue weighted by Gasteiger charge is -2.45. The van der Waals surface area contributed by atoms with Crippen LogP contribution in [-0.4, -0.2) is 64.7 Å². The Morgan fingerprint density at radius 2 is 1.83 bits per heavy atom. The van der Waals surface area contributed by atoms with Gasteiger partial charge in [0.1, 0.15) is 35.5 Å². The Kier molecular flexibility index (Phi) is 5.10. The zero-order valence-corrected chi connectivity index (χ0v) is 15.8. The predicted molar refractivity (Wildman–Crippen MR) is 98.8 cm³/mol. The smallest absolute Gasteiger partial charge is 0.225 e.